The van der Waals surface area contributed by atoms with Gasteiger partial charge in [-0.25, -0.2) is 14.7 Å². The van der Waals surface area contributed by atoms with E-state index in [4.69, 9.17) is 14.5 Å². The fourth-order valence-electron chi connectivity index (χ4n) is 1.40. The van der Waals surface area contributed by atoms with Crippen LogP contribution in [0.2, 0.25) is 0 Å². The Morgan fingerprint density at radius 3 is 2.40 bits per heavy atom. The summed E-state index contributed by atoms with van der Waals surface area (Å²) in [7, 11) is 0. The molecule has 104 valence electrons. The largest absolute Gasteiger partial charge is 0.476 e. The second-order valence-corrected chi connectivity index (χ2v) is 4.55. The van der Waals surface area contributed by atoms with E-state index in [0.717, 1.165) is 0 Å². The predicted octanol–water partition coefficient (Wildman–Crippen LogP) is 2.78. The van der Waals surface area contributed by atoms with Crippen LogP contribution in [0.3, 0.4) is 0 Å². The van der Waals surface area contributed by atoms with Gasteiger partial charge in [-0.05, 0) is 32.0 Å². The van der Waals surface area contributed by atoms with Gasteiger partial charge in [0.15, 0.2) is 0 Å². The van der Waals surface area contributed by atoms with E-state index >= 15 is 0 Å². The highest BCUT2D eigenvalue weighted by Gasteiger charge is 2.33. The van der Waals surface area contributed by atoms with E-state index in [1.54, 1.807) is 44.2 Å². The second-order valence-electron chi connectivity index (χ2n) is 4.55. The summed E-state index contributed by atoms with van der Waals surface area (Å²) in [4.78, 5) is 25.4. The lowest BCUT2D eigenvalue weighted by molar-refractivity contribution is -0.229. The fraction of sp³-hybridized carbons (Fsp3) is 0.200. The Bertz CT molecular complexity index is 555. The van der Waals surface area contributed by atoms with Gasteiger partial charge in [-0.1, -0.05) is 24.3 Å². The van der Waals surface area contributed by atoms with Crippen molar-refractivity contribution in [3.05, 3.63) is 54.7 Å². The predicted molar refractivity (Wildman–Crippen MR) is 72.1 cm³/mol. The van der Waals surface area contributed by atoms with Crippen LogP contribution in [-0.2, 0) is 9.68 Å². The maximum Gasteiger partial charge on any atom is 0.397 e. The van der Waals surface area contributed by atoms with Gasteiger partial charge in [-0.15, -0.1) is 0 Å². The molecule has 0 fully saturated rings. The Morgan fingerprint density at radius 1 is 1.05 bits per heavy atom. The van der Waals surface area contributed by atoms with Crippen molar-refractivity contribution in [1.82, 2.24) is 4.98 Å². The number of nitrogens with zero attached hydrogens (tertiary/aromatic N) is 1. The smallest absolute Gasteiger partial charge is 0.397 e. The quantitative estimate of drug-likeness (QED) is 0.619. The Morgan fingerprint density at radius 2 is 1.75 bits per heavy atom. The van der Waals surface area contributed by atoms with Gasteiger partial charge in [-0.3, -0.25) is 4.89 Å². The lowest BCUT2D eigenvalue weighted by atomic mass is 10.1. The average Bonchev–Trinajstić information content (AvgIpc) is 2.46. The van der Waals surface area contributed by atoms with Crippen molar-refractivity contribution in [1.29, 1.82) is 0 Å². The number of hydrogen-bond acceptors (Lipinski definition) is 5. The molecule has 0 aliphatic carbocycles. The first kappa shape index (κ1) is 13.9. The lowest BCUT2D eigenvalue weighted by Crippen LogP contribution is -2.40. The van der Waals surface area contributed by atoms with Crippen LogP contribution in [0.5, 0.6) is 11.6 Å². The van der Waals surface area contributed by atoms with Gasteiger partial charge in [0, 0.05) is 12.3 Å². The van der Waals surface area contributed by atoms with Gasteiger partial charge < -0.3 is 4.74 Å². The van der Waals surface area contributed by atoms with Gasteiger partial charge in [0.2, 0.25) is 5.60 Å². The number of benzene rings is 1. The molecule has 2 rings (SSSR count). The molecule has 0 atom stereocenters. The summed E-state index contributed by atoms with van der Waals surface area (Å²) >= 11 is 0. The van der Waals surface area contributed by atoms with Crippen LogP contribution in [0.25, 0.3) is 0 Å². The molecule has 0 bridgehead atoms. The van der Waals surface area contributed by atoms with Crippen LogP contribution in [0.1, 0.15) is 13.8 Å². The number of hydrogen-bond donors (Lipinski definition) is 0. The number of para-hydroxylation sites is 1. The van der Waals surface area contributed by atoms with Gasteiger partial charge in [0.05, 0.1) is 0 Å². The molecule has 2 aromatic rings. The molecule has 0 spiro atoms. The first-order valence-corrected chi connectivity index (χ1v) is 6.12. The number of aromatic nitrogens is 1. The third-order valence-electron chi connectivity index (χ3n) is 2.45. The molecule has 0 N–H and O–H groups in total. The summed E-state index contributed by atoms with van der Waals surface area (Å²) < 4.78 is 5.58. The highest BCUT2D eigenvalue weighted by Crippen LogP contribution is 2.19. The number of carbonyl (C=O) groups excluding carboxylic acids is 1. The summed E-state index contributed by atoms with van der Waals surface area (Å²) in [6.45, 7) is 3.20. The van der Waals surface area contributed by atoms with Crippen LogP contribution in [0.15, 0.2) is 54.7 Å². The third-order valence-corrected chi connectivity index (χ3v) is 2.45. The van der Waals surface area contributed by atoms with Crippen molar-refractivity contribution in [2.24, 2.45) is 0 Å². The molecule has 1 heterocycles. The monoisotopic (exact) mass is 273 g/mol. The van der Waals surface area contributed by atoms with Crippen molar-refractivity contribution in [2.45, 2.75) is 19.4 Å². The fourth-order valence-corrected chi connectivity index (χ4v) is 1.40. The summed E-state index contributed by atoms with van der Waals surface area (Å²) in [5, 5.41) is 0. The maximum atomic E-state index is 11.9. The van der Waals surface area contributed by atoms with Crippen LogP contribution in [-0.4, -0.2) is 16.6 Å². The third kappa shape index (κ3) is 3.71. The van der Waals surface area contributed by atoms with E-state index in [1.165, 1.54) is 6.20 Å². The van der Waals surface area contributed by atoms with Gasteiger partial charge in [0.1, 0.15) is 5.75 Å². The zero-order valence-electron chi connectivity index (χ0n) is 11.3. The molecule has 0 amide bonds. The van der Waals surface area contributed by atoms with Crippen molar-refractivity contribution in [3.8, 4) is 11.6 Å². The van der Waals surface area contributed by atoms with Crippen molar-refractivity contribution in [3.63, 3.8) is 0 Å². The minimum absolute atomic E-state index is 0.205. The Balaban J connectivity index is 1.93. The molecule has 5 nitrogen and oxygen atoms in total. The molecule has 1 aromatic heterocycles. The molecule has 0 saturated heterocycles. The first-order valence-electron chi connectivity index (χ1n) is 6.12. The Kier molecular flexibility index (Phi) is 4.20. The van der Waals surface area contributed by atoms with E-state index in [1.807, 2.05) is 18.2 Å². The highest BCUT2D eigenvalue weighted by atomic mass is 17.2. The van der Waals surface area contributed by atoms with Crippen molar-refractivity contribution < 1.29 is 19.3 Å². The number of ether oxygens (including phenoxy) is 1. The molecular formula is C15H15NO4. The molecule has 0 saturated carbocycles. The van der Waals surface area contributed by atoms with Crippen molar-refractivity contribution in [2.75, 3.05) is 0 Å². The molecule has 0 aliphatic heterocycles. The van der Waals surface area contributed by atoms with Crippen LogP contribution >= 0.6 is 0 Å². The van der Waals surface area contributed by atoms with E-state index < -0.39 is 11.6 Å². The normalized spacial score (nSPS) is 10.7. The second kappa shape index (κ2) is 6.06. The van der Waals surface area contributed by atoms with Gasteiger partial charge in [0.25, 0.3) is 5.88 Å². The van der Waals surface area contributed by atoms with Crippen molar-refractivity contribution >= 4 is 5.97 Å². The first-order chi connectivity index (χ1) is 9.58. The molecule has 0 aliphatic rings. The van der Waals surface area contributed by atoms with E-state index in [2.05, 4.69) is 4.98 Å². The standard InChI is InChI=1S/C15H15NO4/c1-15(2,18-12-8-4-3-5-9-12)14(17)20-19-13-10-6-7-11-16-13/h3-11H,1-2H3. The lowest BCUT2D eigenvalue weighted by Gasteiger charge is -2.22. The van der Waals surface area contributed by atoms with E-state index in [9.17, 15) is 4.79 Å². The molecular weight excluding hydrogens is 258 g/mol. The summed E-state index contributed by atoms with van der Waals surface area (Å²) in [5.74, 6) is 0.135. The van der Waals surface area contributed by atoms with E-state index in [0.29, 0.717) is 5.75 Å². The molecule has 0 unspecified atom stereocenters. The Labute approximate surface area is 117 Å². The van der Waals surface area contributed by atoms with Crippen LogP contribution in [0, 0.1) is 0 Å². The topological polar surface area (TPSA) is 57.7 Å². The van der Waals surface area contributed by atoms with Gasteiger partial charge in [-0.2, -0.15) is 0 Å². The SMILES string of the molecule is CC(C)(Oc1ccccc1)C(=O)OOc1ccccn1. The van der Waals surface area contributed by atoms with Crippen LogP contribution < -0.4 is 9.62 Å². The number of rotatable bonds is 5. The highest BCUT2D eigenvalue weighted by molar-refractivity contribution is 5.78. The summed E-state index contributed by atoms with van der Waals surface area (Å²) in [6, 6.07) is 14.1. The Hall–Kier alpha value is -2.56. The zero-order valence-corrected chi connectivity index (χ0v) is 11.3. The van der Waals surface area contributed by atoms with E-state index in [-0.39, 0.29) is 5.88 Å². The molecule has 1 aromatic carbocycles. The average molecular weight is 273 g/mol. The summed E-state index contributed by atoms with van der Waals surface area (Å²) in [6.07, 6.45) is 1.54. The van der Waals surface area contributed by atoms with Gasteiger partial charge >= 0.3 is 5.97 Å². The number of carbonyl (C=O) groups is 1. The molecule has 5 heteroatoms. The molecule has 0 radical (unpaired) electrons. The minimum atomic E-state index is -1.17. The minimum Gasteiger partial charge on any atom is -0.476 e. The van der Waals surface area contributed by atoms with Crippen LogP contribution in [0.4, 0.5) is 0 Å². The molecule has 20 heavy (non-hydrogen) atoms. The maximum absolute atomic E-state index is 11.9. The zero-order chi connectivity index (χ0) is 14.4. The number of pyridine rings is 1. The summed E-state index contributed by atoms with van der Waals surface area (Å²) in [5.41, 5.74) is -1.17.